The third-order valence-corrected chi connectivity index (χ3v) is 5.13. The lowest BCUT2D eigenvalue weighted by Crippen LogP contribution is -2.36. The Morgan fingerprint density at radius 3 is 2.08 bits per heavy atom. The fraction of sp³-hybridized carbons (Fsp3) is 0.421. The SMILES string of the molecule is CCc1ccc(CNC(=NC)NCc2cc(OC)c(OC)c(OC)c2)s1. The minimum absolute atomic E-state index is 0.584. The van der Waals surface area contributed by atoms with Crippen LogP contribution in [0.15, 0.2) is 29.3 Å². The molecule has 2 N–H and O–H groups in total. The van der Waals surface area contributed by atoms with Crippen molar-refractivity contribution in [3.63, 3.8) is 0 Å². The lowest BCUT2D eigenvalue weighted by Gasteiger charge is -2.15. The summed E-state index contributed by atoms with van der Waals surface area (Å²) in [6, 6.07) is 8.18. The van der Waals surface area contributed by atoms with Crippen LogP contribution in [0.3, 0.4) is 0 Å². The summed E-state index contributed by atoms with van der Waals surface area (Å²) >= 11 is 1.82. The van der Waals surface area contributed by atoms with E-state index < -0.39 is 0 Å². The average Bonchev–Trinajstić information content (AvgIpc) is 3.15. The summed E-state index contributed by atoms with van der Waals surface area (Å²) in [5.41, 5.74) is 1.01. The molecule has 0 bridgehead atoms. The number of ether oxygens (including phenoxy) is 3. The Labute approximate surface area is 159 Å². The normalized spacial score (nSPS) is 11.2. The maximum absolute atomic E-state index is 5.39. The summed E-state index contributed by atoms with van der Waals surface area (Å²) in [7, 11) is 6.58. The van der Waals surface area contributed by atoms with Gasteiger partial charge in [0.15, 0.2) is 17.5 Å². The van der Waals surface area contributed by atoms with E-state index in [4.69, 9.17) is 14.2 Å². The van der Waals surface area contributed by atoms with Crippen molar-refractivity contribution in [3.05, 3.63) is 39.6 Å². The Bertz CT molecular complexity index is 718. The molecule has 0 aliphatic heterocycles. The van der Waals surface area contributed by atoms with Crippen LogP contribution in [0.4, 0.5) is 0 Å². The molecule has 0 aliphatic carbocycles. The zero-order chi connectivity index (χ0) is 18.9. The molecule has 0 amide bonds. The van der Waals surface area contributed by atoms with Gasteiger partial charge in [-0.3, -0.25) is 4.99 Å². The molecule has 0 radical (unpaired) electrons. The topological polar surface area (TPSA) is 64.1 Å². The highest BCUT2D eigenvalue weighted by atomic mass is 32.1. The maximum atomic E-state index is 5.39. The van der Waals surface area contributed by atoms with Crippen LogP contribution in [-0.4, -0.2) is 34.3 Å². The van der Waals surface area contributed by atoms with Gasteiger partial charge >= 0.3 is 0 Å². The summed E-state index contributed by atoms with van der Waals surface area (Å²) in [5.74, 6) is 2.60. The first-order chi connectivity index (χ1) is 12.6. The van der Waals surface area contributed by atoms with Crippen molar-refractivity contribution in [2.75, 3.05) is 28.4 Å². The lowest BCUT2D eigenvalue weighted by molar-refractivity contribution is 0.323. The minimum Gasteiger partial charge on any atom is -0.493 e. The second-order valence-electron chi connectivity index (χ2n) is 5.53. The van der Waals surface area contributed by atoms with E-state index in [0.717, 1.165) is 24.5 Å². The Morgan fingerprint density at radius 1 is 0.962 bits per heavy atom. The Hall–Kier alpha value is -2.41. The van der Waals surface area contributed by atoms with Crippen LogP contribution in [0.25, 0.3) is 0 Å². The smallest absolute Gasteiger partial charge is 0.203 e. The number of rotatable bonds is 8. The second-order valence-corrected chi connectivity index (χ2v) is 6.79. The molecule has 0 aliphatic rings. The zero-order valence-corrected chi connectivity index (χ0v) is 16.8. The summed E-state index contributed by atoms with van der Waals surface area (Å²) in [5, 5.41) is 6.64. The number of aliphatic imine (C=N–C) groups is 1. The number of benzene rings is 1. The van der Waals surface area contributed by atoms with Gasteiger partial charge in [-0.2, -0.15) is 0 Å². The molecule has 1 heterocycles. The summed E-state index contributed by atoms with van der Waals surface area (Å²) in [6.07, 6.45) is 1.07. The minimum atomic E-state index is 0.584. The summed E-state index contributed by atoms with van der Waals surface area (Å²) in [6.45, 7) is 3.50. The van der Waals surface area contributed by atoms with E-state index in [1.165, 1.54) is 9.75 Å². The van der Waals surface area contributed by atoms with E-state index in [1.54, 1.807) is 28.4 Å². The molecule has 1 aromatic carbocycles. The van der Waals surface area contributed by atoms with Crippen molar-refractivity contribution in [2.24, 2.45) is 4.99 Å². The predicted molar refractivity (Wildman–Crippen MR) is 107 cm³/mol. The lowest BCUT2D eigenvalue weighted by atomic mass is 10.2. The molecule has 1 aromatic heterocycles. The van der Waals surface area contributed by atoms with Crippen LogP contribution in [0.2, 0.25) is 0 Å². The van der Waals surface area contributed by atoms with Crippen molar-refractivity contribution in [2.45, 2.75) is 26.4 Å². The molecule has 7 heteroatoms. The van der Waals surface area contributed by atoms with Gasteiger partial charge in [0.1, 0.15) is 0 Å². The number of methoxy groups -OCH3 is 3. The van der Waals surface area contributed by atoms with Crippen molar-refractivity contribution in [1.29, 1.82) is 0 Å². The Kier molecular flexibility index (Phi) is 7.59. The van der Waals surface area contributed by atoms with E-state index in [1.807, 2.05) is 23.5 Å². The van der Waals surface area contributed by atoms with Crippen LogP contribution in [0.1, 0.15) is 22.2 Å². The Morgan fingerprint density at radius 2 is 1.58 bits per heavy atom. The van der Waals surface area contributed by atoms with Gasteiger partial charge in [-0.1, -0.05) is 6.92 Å². The molecule has 0 spiro atoms. The largest absolute Gasteiger partial charge is 0.493 e. The second kappa shape index (κ2) is 9.91. The number of hydrogen-bond acceptors (Lipinski definition) is 5. The van der Waals surface area contributed by atoms with Crippen molar-refractivity contribution >= 4 is 17.3 Å². The highest BCUT2D eigenvalue weighted by Gasteiger charge is 2.13. The average molecular weight is 378 g/mol. The van der Waals surface area contributed by atoms with Crippen LogP contribution in [0, 0.1) is 0 Å². The molecular weight excluding hydrogens is 350 g/mol. The number of nitrogens with zero attached hydrogens (tertiary/aromatic N) is 1. The van der Waals surface area contributed by atoms with Crippen LogP contribution >= 0.6 is 11.3 Å². The van der Waals surface area contributed by atoms with E-state index in [9.17, 15) is 0 Å². The van der Waals surface area contributed by atoms with E-state index >= 15 is 0 Å². The van der Waals surface area contributed by atoms with Crippen LogP contribution < -0.4 is 24.8 Å². The van der Waals surface area contributed by atoms with Gasteiger partial charge in [-0.05, 0) is 36.2 Å². The molecule has 6 nitrogen and oxygen atoms in total. The number of nitrogens with one attached hydrogen (secondary N) is 2. The monoisotopic (exact) mass is 377 g/mol. The number of guanidine groups is 1. The molecule has 0 atom stereocenters. The van der Waals surface area contributed by atoms with Gasteiger partial charge in [-0.15, -0.1) is 11.3 Å². The molecule has 0 fully saturated rings. The Balaban J connectivity index is 1.99. The van der Waals surface area contributed by atoms with Gasteiger partial charge < -0.3 is 24.8 Å². The van der Waals surface area contributed by atoms with E-state index in [2.05, 4.69) is 34.7 Å². The highest BCUT2D eigenvalue weighted by molar-refractivity contribution is 7.11. The quantitative estimate of drug-likeness (QED) is 0.546. The van der Waals surface area contributed by atoms with Crippen molar-refractivity contribution < 1.29 is 14.2 Å². The molecule has 0 unspecified atom stereocenters. The number of thiophene rings is 1. The summed E-state index contributed by atoms with van der Waals surface area (Å²) in [4.78, 5) is 6.96. The van der Waals surface area contributed by atoms with Crippen molar-refractivity contribution in [1.82, 2.24) is 10.6 Å². The van der Waals surface area contributed by atoms with Gasteiger partial charge in [0, 0.05) is 23.3 Å². The first-order valence-electron chi connectivity index (χ1n) is 8.46. The summed E-state index contributed by atoms with van der Waals surface area (Å²) < 4.78 is 16.1. The third kappa shape index (κ3) is 5.05. The fourth-order valence-corrected chi connectivity index (χ4v) is 3.42. The maximum Gasteiger partial charge on any atom is 0.203 e. The first kappa shape index (κ1) is 19.9. The standard InChI is InChI=1S/C19H27N3O3S/c1-6-14-7-8-15(26-14)12-22-19(20-2)21-11-13-9-16(23-3)18(25-5)17(10-13)24-4/h7-10H,6,11-12H2,1-5H3,(H2,20,21,22). The molecular formula is C19H27N3O3S. The van der Waals surface area contributed by atoms with Gasteiger partial charge in [0.05, 0.1) is 27.9 Å². The highest BCUT2D eigenvalue weighted by Crippen LogP contribution is 2.38. The molecule has 2 aromatic rings. The molecule has 0 saturated heterocycles. The molecule has 0 saturated carbocycles. The van der Waals surface area contributed by atoms with Gasteiger partial charge in [0.25, 0.3) is 0 Å². The van der Waals surface area contributed by atoms with Gasteiger partial charge in [-0.25, -0.2) is 0 Å². The van der Waals surface area contributed by atoms with Crippen LogP contribution in [-0.2, 0) is 19.5 Å². The number of aryl methyl sites for hydroxylation is 1. The predicted octanol–water partition coefficient (Wildman–Crippen LogP) is 3.20. The first-order valence-corrected chi connectivity index (χ1v) is 9.27. The van der Waals surface area contributed by atoms with Crippen LogP contribution in [0.5, 0.6) is 17.2 Å². The zero-order valence-electron chi connectivity index (χ0n) is 16.0. The van der Waals surface area contributed by atoms with E-state index in [-0.39, 0.29) is 0 Å². The fourth-order valence-electron chi connectivity index (χ4n) is 2.52. The molecule has 2 rings (SSSR count). The molecule has 142 valence electrons. The van der Waals surface area contributed by atoms with E-state index in [0.29, 0.717) is 23.8 Å². The third-order valence-electron chi connectivity index (χ3n) is 3.90. The molecule has 26 heavy (non-hydrogen) atoms. The number of hydrogen-bond donors (Lipinski definition) is 2. The van der Waals surface area contributed by atoms with Gasteiger partial charge in [0.2, 0.25) is 5.75 Å². The van der Waals surface area contributed by atoms with Crippen molar-refractivity contribution in [3.8, 4) is 17.2 Å².